The largest absolute Gasteiger partial charge is 0.466 e. The third-order valence-electron chi connectivity index (χ3n) is 10.4. The first-order valence-corrected chi connectivity index (χ1v) is 23.3. The van der Waals surface area contributed by atoms with Crippen LogP contribution >= 0.6 is 0 Å². The van der Waals surface area contributed by atoms with Gasteiger partial charge in [0, 0.05) is 12.8 Å². The van der Waals surface area contributed by atoms with Gasteiger partial charge in [0.2, 0.25) is 5.91 Å². The first kappa shape index (κ1) is 52.1. The Kier molecular flexibility index (Phi) is 42.2. The summed E-state index contributed by atoms with van der Waals surface area (Å²) in [6, 6.07) is -0.641. The molecule has 0 aliphatic rings. The minimum absolute atomic E-state index is 0.0306. The zero-order chi connectivity index (χ0) is 39.4. The van der Waals surface area contributed by atoms with E-state index >= 15 is 0 Å². The van der Waals surface area contributed by atoms with Gasteiger partial charge in [-0.2, -0.15) is 0 Å². The molecule has 6 heteroatoms. The van der Waals surface area contributed by atoms with Gasteiger partial charge in [0.15, 0.2) is 0 Å². The van der Waals surface area contributed by atoms with Gasteiger partial charge >= 0.3 is 5.97 Å². The van der Waals surface area contributed by atoms with Gasteiger partial charge < -0.3 is 20.3 Å². The first-order valence-electron chi connectivity index (χ1n) is 23.3. The predicted octanol–water partition coefficient (Wildman–Crippen LogP) is 13.3. The highest BCUT2D eigenvalue weighted by Gasteiger charge is 2.18. The third-order valence-corrected chi connectivity index (χ3v) is 10.4. The summed E-state index contributed by atoms with van der Waals surface area (Å²) < 4.78 is 5.44. The molecule has 0 spiro atoms. The van der Waals surface area contributed by atoms with E-state index in [1.54, 1.807) is 6.08 Å². The second-order valence-corrected chi connectivity index (χ2v) is 15.7. The van der Waals surface area contributed by atoms with Gasteiger partial charge in [-0.05, 0) is 64.2 Å². The minimum atomic E-state index is -0.856. The van der Waals surface area contributed by atoms with Crippen LogP contribution in [0.1, 0.15) is 232 Å². The van der Waals surface area contributed by atoms with E-state index in [2.05, 4.69) is 43.5 Å². The molecule has 0 aliphatic heterocycles. The molecular weight excluding hydrogens is 671 g/mol. The van der Waals surface area contributed by atoms with Crippen molar-refractivity contribution in [3.63, 3.8) is 0 Å². The lowest BCUT2D eigenvalue weighted by Crippen LogP contribution is -2.45. The number of unbranched alkanes of at least 4 members (excludes halogenated alkanes) is 27. The Labute approximate surface area is 334 Å². The maximum atomic E-state index is 12.4. The molecule has 0 aromatic rings. The molecule has 3 N–H and O–H groups in total. The molecule has 0 aromatic carbocycles. The van der Waals surface area contributed by atoms with Crippen molar-refractivity contribution >= 4 is 11.9 Å². The number of aliphatic hydroxyl groups is 2. The van der Waals surface area contributed by atoms with Gasteiger partial charge in [0.25, 0.3) is 0 Å². The maximum absolute atomic E-state index is 12.4. The Bertz CT molecular complexity index is 884. The van der Waals surface area contributed by atoms with E-state index in [-0.39, 0.29) is 18.5 Å². The van der Waals surface area contributed by atoms with Crippen molar-refractivity contribution in [3.05, 3.63) is 36.5 Å². The van der Waals surface area contributed by atoms with Gasteiger partial charge in [-0.3, -0.25) is 9.59 Å². The van der Waals surface area contributed by atoms with Gasteiger partial charge in [-0.15, -0.1) is 0 Å². The van der Waals surface area contributed by atoms with Crippen molar-refractivity contribution in [2.75, 3.05) is 13.2 Å². The number of esters is 1. The summed E-state index contributed by atoms with van der Waals surface area (Å²) in [5.74, 6) is -0.121. The fourth-order valence-corrected chi connectivity index (χ4v) is 6.78. The fourth-order valence-electron chi connectivity index (χ4n) is 6.78. The van der Waals surface area contributed by atoms with Crippen LogP contribution in [0.2, 0.25) is 0 Å². The monoisotopic (exact) mass is 760 g/mol. The van der Waals surface area contributed by atoms with E-state index in [1.807, 2.05) is 6.08 Å². The number of rotatable bonds is 42. The van der Waals surface area contributed by atoms with Gasteiger partial charge in [-0.25, -0.2) is 0 Å². The van der Waals surface area contributed by atoms with Crippen molar-refractivity contribution in [1.82, 2.24) is 5.32 Å². The second kappa shape index (κ2) is 43.8. The normalized spacial score (nSPS) is 13.0. The predicted molar refractivity (Wildman–Crippen MR) is 232 cm³/mol. The number of amides is 1. The van der Waals surface area contributed by atoms with Crippen molar-refractivity contribution in [1.29, 1.82) is 0 Å². The van der Waals surface area contributed by atoms with Gasteiger partial charge in [-0.1, -0.05) is 192 Å². The highest BCUT2D eigenvalue weighted by Crippen LogP contribution is 2.14. The van der Waals surface area contributed by atoms with Crippen molar-refractivity contribution < 1.29 is 24.5 Å². The van der Waals surface area contributed by atoms with E-state index in [9.17, 15) is 19.8 Å². The molecule has 0 rings (SSSR count). The third kappa shape index (κ3) is 39.8. The molecule has 316 valence electrons. The number of carbonyl (C=O) groups excluding carboxylic acids is 2. The maximum Gasteiger partial charge on any atom is 0.305 e. The van der Waals surface area contributed by atoms with Crippen LogP contribution in [0.4, 0.5) is 0 Å². The minimum Gasteiger partial charge on any atom is -0.466 e. The molecule has 0 aliphatic carbocycles. The van der Waals surface area contributed by atoms with Crippen LogP contribution < -0.4 is 5.32 Å². The van der Waals surface area contributed by atoms with Crippen molar-refractivity contribution in [2.45, 2.75) is 244 Å². The summed E-state index contributed by atoms with van der Waals surface area (Å²) in [6.45, 7) is 4.80. The Morgan fingerprint density at radius 1 is 0.519 bits per heavy atom. The molecule has 0 bridgehead atoms. The van der Waals surface area contributed by atoms with E-state index in [0.29, 0.717) is 19.4 Å². The summed E-state index contributed by atoms with van der Waals surface area (Å²) in [5.41, 5.74) is 0. The highest BCUT2D eigenvalue weighted by atomic mass is 16.5. The summed E-state index contributed by atoms with van der Waals surface area (Å²) in [6.07, 6.45) is 51.2. The van der Waals surface area contributed by atoms with Crippen LogP contribution in [0, 0.1) is 0 Å². The molecule has 0 heterocycles. The molecule has 0 radical (unpaired) electrons. The molecule has 6 nitrogen and oxygen atoms in total. The van der Waals surface area contributed by atoms with Crippen LogP contribution in [0.25, 0.3) is 0 Å². The van der Waals surface area contributed by atoms with Crippen molar-refractivity contribution in [2.24, 2.45) is 0 Å². The number of hydrogen-bond donors (Lipinski definition) is 3. The second-order valence-electron chi connectivity index (χ2n) is 15.7. The van der Waals surface area contributed by atoms with Gasteiger partial charge in [0.1, 0.15) is 0 Å². The van der Waals surface area contributed by atoms with Crippen LogP contribution in [0.5, 0.6) is 0 Å². The Morgan fingerprint density at radius 2 is 0.926 bits per heavy atom. The molecule has 0 saturated carbocycles. The quantitative estimate of drug-likeness (QED) is 0.0327. The summed E-state index contributed by atoms with van der Waals surface area (Å²) >= 11 is 0. The molecule has 1 amide bonds. The summed E-state index contributed by atoms with van der Waals surface area (Å²) in [7, 11) is 0. The number of hydrogen-bond acceptors (Lipinski definition) is 5. The lowest BCUT2D eigenvalue weighted by molar-refractivity contribution is -0.143. The Morgan fingerprint density at radius 3 is 1.44 bits per heavy atom. The van der Waals surface area contributed by atoms with E-state index in [1.165, 1.54) is 135 Å². The number of aliphatic hydroxyl groups excluding tert-OH is 2. The van der Waals surface area contributed by atoms with Crippen LogP contribution in [0.3, 0.4) is 0 Å². The topological polar surface area (TPSA) is 95.9 Å². The number of carbonyl (C=O) groups is 2. The Hall–Kier alpha value is -1.92. The van der Waals surface area contributed by atoms with E-state index in [0.717, 1.165) is 70.6 Å². The lowest BCUT2D eigenvalue weighted by atomic mass is 10.0. The van der Waals surface area contributed by atoms with Crippen molar-refractivity contribution in [3.8, 4) is 0 Å². The number of allylic oxidation sites excluding steroid dienone is 5. The summed E-state index contributed by atoms with van der Waals surface area (Å²) in [4.78, 5) is 24.4. The smallest absolute Gasteiger partial charge is 0.305 e. The molecular formula is C48H89NO5. The SMILES string of the molecule is CCCCC/C=C\C/C=C\CCCCCCCC(=O)OCCCCCCCCCCCCCC(=O)NC(CO)C(O)/C=C/CCCCCCCCCCC. The Balaban J connectivity index is 3.52. The molecule has 2 unspecified atom stereocenters. The molecule has 54 heavy (non-hydrogen) atoms. The molecule has 0 saturated heterocycles. The average Bonchev–Trinajstić information content (AvgIpc) is 3.17. The van der Waals surface area contributed by atoms with Crippen LogP contribution in [0.15, 0.2) is 36.5 Å². The zero-order valence-electron chi connectivity index (χ0n) is 35.7. The molecule has 0 fully saturated rings. The highest BCUT2D eigenvalue weighted by molar-refractivity contribution is 5.76. The standard InChI is InChI=1S/C48H89NO5/c1-3-5-7-9-11-13-15-16-17-18-22-26-30-34-38-42-48(53)54-43-39-35-31-27-23-19-21-25-29-33-37-41-47(52)49-45(44-50)46(51)40-36-32-28-24-20-14-12-10-8-6-4-2/h11,13,16-17,36,40,45-46,50-51H,3-10,12,14-15,18-35,37-39,41-44H2,1-2H3,(H,49,52)/b13-11-,17-16-,40-36+. The van der Waals surface area contributed by atoms with E-state index < -0.39 is 12.1 Å². The molecule has 2 atom stereocenters. The van der Waals surface area contributed by atoms with Gasteiger partial charge in [0.05, 0.1) is 25.4 Å². The zero-order valence-corrected chi connectivity index (χ0v) is 35.7. The number of ether oxygens (including phenoxy) is 1. The average molecular weight is 760 g/mol. The van der Waals surface area contributed by atoms with Crippen LogP contribution in [-0.2, 0) is 14.3 Å². The summed E-state index contributed by atoms with van der Waals surface area (Å²) in [5, 5.41) is 22.9. The number of nitrogens with one attached hydrogen (secondary N) is 1. The fraction of sp³-hybridized carbons (Fsp3) is 0.833. The van der Waals surface area contributed by atoms with E-state index in [4.69, 9.17) is 4.74 Å². The lowest BCUT2D eigenvalue weighted by Gasteiger charge is -2.20. The molecule has 0 aromatic heterocycles. The first-order chi connectivity index (χ1) is 26.5. The van der Waals surface area contributed by atoms with Crippen LogP contribution in [-0.4, -0.2) is 47.4 Å².